The Balaban J connectivity index is 1.60. The van der Waals surface area contributed by atoms with Gasteiger partial charge < -0.3 is 20.1 Å². The number of hydrogen-bond acceptors (Lipinski definition) is 6. The third-order valence-electron chi connectivity index (χ3n) is 6.93. The molecule has 9 heteroatoms. The molecule has 184 valence electrons. The van der Waals surface area contributed by atoms with Crippen LogP contribution in [0.3, 0.4) is 0 Å². The number of benzene rings is 2. The topological polar surface area (TPSA) is 108 Å². The van der Waals surface area contributed by atoms with Gasteiger partial charge in [-0.2, -0.15) is 0 Å². The van der Waals surface area contributed by atoms with E-state index in [9.17, 15) is 18.3 Å². The first-order valence-corrected chi connectivity index (χ1v) is 13.3. The van der Waals surface area contributed by atoms with Crippen LogP contribution in [0.1, 0.15) is 48.5 Å². The Morgan fingerprint density at radius 1 is 1.21 bits per heavy atom. The minimum atomic E-state index is -4.06. The second-order valence-electron chi connectivity index (χ2n) is 9.27. The van der Waals surface area contributed by atoms with E-state index in [1.54, 1.807) is 24.3 Å². The number of carboxylic acid groups (broad SMARTS) is 1. The molecule has 2 fully saturated rings. The van der Waals surface area contributed by atoms with E-state index in [1.165, 1.54) is 19.2 Å². The van der Waals surface area contributed by atoms with Crippen molar-refractivity contribution in [3.63, 3.8) is 0 Å². The van der Waals surface area contributed by atoms with Crippen molar-refractivity contribution in [2.45, 2.75) is 37.5 Å². The second kappa shape index (κ2) is 9.84. The number of methoxy groups -OCH3 is 1. The first-order valence-electron chi connectivity index (χ1n) is 11.8. The summed E-state index contributed by atoms with van der Waals surface area (Å²) in [6.45, 7) is 7.97. The van der Waals surface area contributed by atoms with Crippen LogP contribution in [-0.4, -0.2) is 57.7 Å². The quantitative estimate of drug-likeness (QED) is 0.464. The van der Waals surface area contributed by atoms with Gasteiger partial charge in [-0.15, -0.1) is 0 Å². The number of anilines is 2. The van der Waals surface area contributed by atoms with Crippen LogP contribution in [0.5, 0.6) is 5.75 Å². The average molecular weight is 488 g/mol. The molecule has 0 bridgehead atoms. The molecule has 4 rings (SSSR count). The second-order valence-corrected chi connectivity index (χ2v) is 10.9. The van der Waals surface area contributed by atoms with Crippen LogP contribution in [0.25, 0.3) is 0 Å². The van der Waals surface area contributed by atoms with Crippen LogP contribution in [0, 0.1) is 11.8 Å². The van der Waals surface area contributed by atoms with Gasteiger partial charge in [0.05, 0.1) is 18.5 Å². The molecule has 1 saturated heterocycles. The van der Waals surface area contributed by atoms with Gasteiger partial charge in [0.1, 0.15) is 16.2 Å². The maximum absolute atomic E-state index is 13.4. The van der Waals surface area contributed by atoms with Gasteiger partial charge in [0.25, 0.3) is 10.0 Å². The summed E-state index contributed by atoms with van der Waals surface area (Å²) in [5.41, 5.74) is 1.12. The average Bonchev–Trinajstić information content (AvgIpc) is 3.35. The molecule has 3 N–H and O–H groups in total. The number of carbonyl (C=O) groups is 1. The zero-order chi connectivity index (χ0) is 24.5. The minimum absolute atomic E-state index is 0.00872. The predicted molar refractivity (Wildman–Crippen MR) is 132 cm³/mol. The molecule has 3 atom stereocenters. The molecule has 0 radical (unpaired) electrons. The largest absolute Gasteiger partial charge is 0.495 e. The highest BCUT2D eigenvalue weighted by Gasteiger charge is 2.38. The van der Waals surface area contributed by atoms with E-state index < -0.39 is 16.0 Å². The number of sulfonamides is 1. The van der Waals surface area contributed by atoms with Gasteiger partial charge in [-0.1, -0.05) is 32.0 Å². The van der Waals surface area contributed by atoms with Gasteiger partial charge in [0, 0.05) is 13.1 Å². The third kappa shape index (κ3) is 5.00. The van der Waals surface area contributed by atoms with Crippen molar-refractivity contribution in [3.05, 3.63) is 47.5 Å². The summed E-state index contributed by atoms with van der Waals surface area (Å²) < 4.78 is 34.7. The van der Waals surface area contributed by atoms with Crippen molar-refractivity contribution in [3.8, 4) is 5.75 Å². The Kier molecular flexibility index (Phi) is 7.04. The fraction of sp³-hybridized carbons (Fsp3) is 0.480. The molecule has 0 amide bonds. The molecule has 2 aliphatic rings. The zero-order valence-corrected chi connectivity index (χ0v) is 20.7. The number of aromatic carboxylic acids is 1. The van der Waals surface area contributed by atoms with Crippen molar-refractivity contribution in [1.29, 1.82) is 0 Å². The van der Waals surface area contributed by atoms with Gasteiger partial charge in [-0.3, -0.25) is 4.72 Å². The summed E-state index contributed by atoms with van der Waals surface area (Å²) >= 11 is 0. The van der Waals surface area contributed by atoms with Crippen molar-refractivity contribution in [2.24, 2.45) is 11.8 Å². The van der Waals surface area contributed by atoms with Crippen LogP contribution in [0.2, 0.25) is 0 Å². The minimum Gasteiger partial charge on any atom is -0.495 e. The van der Waals surface area contributed by atoms with Crippen LogP contribution >= 0.6 is 0 Å². The van der Waals surface area contributed by atoms with Crippen LogP contribution in [0.4, 0.5) is 11.4 Å². The maximum atomic E-state index is 13.4. The number of ether oxygens (including phenoxy) is 1. The lowest BCUT2D eigenvalue weighted by Crippen LogP contribution is -2.23. The van der Waals surface area contributed by atoms with E-state index in [0.29, 0.717) is 24.1 Å². The fourth-order valence-electron chi connectivity index (χ4n) is 4.83. The summed E-state index contributed by atoms with van der Waals surface area (Å²) in [5, 5.41) is 13.2. The molecule has 34 heavy (non-hydrogen) atoms. The van der Waals surface area contributed by atoms with Crippen molar-refractivity contribution < 1.29 is 23.1 Å². The summed E-state index contributed by atoms with van der Waals surface area (Å²) in [6.07, 6.45) is 2.03. The highest BCUT2D eigenvalue weighted by Crippen LogP contribution is 2.51. The molecule has 1 aliphatic carbocycles. The van der Waals surface area contributed by atoms with Gasteiger partial charge in [-0.25, -0.2) is 13.2 Å². The molecule has 8 nitrogen and oxygen atoms in total. The predicted octanol–water partition coefficient (Wildman–Crippen LogP) is 4.07. The number of likely N-dealkylation sites (tertiary alicyclic amines) is 1. The van der Waals surface area contributed by atoms with Gasteiger partial charge in [0.2, 0.25) is 0 Å². The molecule has 2 aromatic carbocycles. The standard InChI is InChI=1S/C25H33N3O5S/c1-4-28-12-11-17(15-28)14-26-20-7-5-6-8-22(20)34(31,32)27-21-10-9-18(19-13-16(19)2)24(33-3)23(21)25(29)30/h5-10,16-17,19,26-27H,4,11-15H2,1-3H3,(H,29,30). The molecule has 1 aliphatic heterocycles. The summed E-state index contributed by atoms with van der Waals surface area (Å²) in [6, 6.07) is 9.99. The van der Waals surface area contributed by atoms with Gasteiger partial charge in [0.15, 0.2) is 0 Å². The van der Waals surface area contributed by atoms with E-state index in [4.69, 9.17) is 4.74 Å². The van der Waals surface area contributed by atoms with E-state index in [-0.39, 0.29) is 27.8 Å². The Bertz CT molecular complexity index is 1170. The van der Waals surface area contributed by atoms with Gasteiger partial charge in [-0.05, 0) is 67.4 Å². The number of hydrogen-bond donors (Lipinski definition) is 3. The van der Waals surface area contributed by atoms with E-state index in [1.807, 2.05) is 0 Å². The Labute approximate surface area is 201 Å². The number of nitrogens with zero attached hydrogens (tertiary/aromatic N) is 1. The first-order chi connectivity index (χ1) is 16.2. The fourth-order valence-corrected chi connectivity index (χ4v) is 6.09. The molecule has 1 heterocycles. The SMILES string of the molecule is CCN1CCC(CNc2ccccc2S(=O)(=O)Nc2ccc(C3CC3C)c(OC)c2C(=O)O)C1. The lowest BCUT2D eigenvalue weighted by molar-refractivity contribution is 0.0694. The number of para-hydroxylation sites is 1. The summed E-state index contributed by atoms with van der Waals surface area (Å²) in [4.78, 5) is 14.6. The Morgan fingerprint density at radius 2 is 1.94 bits per heavy atom. The van der Waals surface area contributed by atoms with Crippen molar-refractivity contribution in [2.75, 3.05) is 43.3 Å². The highest BCUT2D eigenvalue weighted by molar-refractivity contribution is 7.92. The number of carboxylic acids is 1. The highest BCUT2D eigenvalue weighted by atomic mass is 32.2. The molecular weight excluding hydrogens is 454 g/mol. The smallest absolute Gasteiger partial charge is 0.341 e. The maximum Gasteiger partial charge on any atom is 0.341 e. The first kappa shape index (κ1) is 24.3. The number of rotatable bonds is 10. The van der Waals surface area contributed by atoms with Crippen molar-refractivity contribution in [1.82, 2.24) is 4.90 Å². The Morgan fingerprint density at radius 3 is 2.56 bits per heavy atom. The molecule has 3 unspecified atom stereocenters. The number of nitrogens with one attached hydrogen (secondary N) is 2. The Hall–Kier alpha value is -2.78. The van der Waals surface area contributed by atoms with E-state index >= 15 is 0 Å². The normalized spacial score (nSPS) is 22.4. The van der Waals surface area contributed by atoms with Crippen molar-refractivity contribution >= 4 is 27.4 Å². The lowest BCUT2D eigenvalue weighted by atomic mass is 10.0. The lowest BCUT2D eigenvalue weighted by Gasteiger charge is -2.19. The third-order valence-corrected chi connectivity index (χ3v) is 8.36. The van der Waals surface area contributed by atoms with Gasteiger partial charge >= 0.3 is 5.97 Å². The van der Waals surface area contributed by atoms with Crippen LogP contribution in [0.15, 0.2) is 41.3 Å². The molecular formula is C25H33N3O5S. The molecule has 2 aromatic rings. The summed E-state index contributed by atoms with van der Waals surface area (Å²) in [7, 11) is -2.64. The molecule has 1 saturated carbocycles. The van der Waals surface area contributed by atoms with E-state index in [0.717, 1.165) is 38.0 Å². The molecule has 0 spiro atoms. The zero-order valence-electron chi connectivity index (χ0n) is 19.9. The van der Waals surface area contributed by atoms with E-state index in [2.05, 4.69) is 28.8 Å². The summed E-state index contributed by atoms with van der Waals surface area (Å²) in [5.74, 6) is 0.0973. The van der Waals surface area contributed by atoms with Crippen LogP contribution < -0.4 is 14.8 Å². The monoisotopic (exact) mass is 487 g/mol. The van der Waals surface area contributed by atoms with Crippen LogP contribution in [-0.2, 0) is 10.0 Å². The molecule has 0 aromatic heterocycles.